The van der Waals surface area contributed by atoms with Crippen LogP contribution in [0.1, 0.15) is 29.2 Å². The number of hydrogen-bond donors (Lipinski definition) is 1. The molecule has 5 rings (SSSR count). The number of piperidine rings is 1. The quantitative estimate of drug-likeness (QED) is 0.242. The number of amides is 1. The number of thiol groups is 1. The van der Waals surface area contributed by atoms with Crippen LogP contribution in [-0.4, -0.2) is 21.0 Å². The molecule has 1 saturated heterocycles. The average molecular weight is 525 g/mol. The monoisotopic (exact) mass is 524 g/mol. The SMILES string of the molecule is O=C1CC(c2ccsc2)(c2cccc(Oc3ccccc3F)n2)N(S)C(=O)C1c1ccccc1Cl. The van der Waals surface area contributed by atoms with Gasteiger partial charge in [0, 0.05) is 17.5 Å². The van der Waals surface area contributed by atoms with Gasteiger partial charge in [-0.05, 0) is 52.2 Å². The third-order valence-corrected chi connectivity index (χ3v) is 7.55. The summed E-state index contributed by atoms with van der Waals surface area (Å²) >= 11 is 12.4. The normalized spacial score (nSPS) is 20.2. The number of aromatic nitrogens is 1. The number of rotatable bonds is 5. The lowest BCUT2D eigenvalue weighted by atomic mass is 9.75. The third-order valence-electron chi connectivity index (χ3n) is 5.98. The summed E-state index contributed by atoms with van der Waals surface area (Å²) in [6.07, 6.45) is -0.0784. The first-order valence-corrected chi connectivity index (χ1v) is 12.4. The van der Waals surface area contributed by atoms with Crippen LogP contribution >= 0.6 is 35.8 Å². The van der Waals surface area contributed by atoms with Gasteiger partial charge in [0.1, 0.15) is 11.5 Å². The summed E-state index contributed by atoms with van der Waals surface area (Å²) in [5, 5.41) is 4.04. The van der Waals surface area contributed by atoms with Gasteiger partial charge in [0.25, 0.3) is 0 Å². The molecule has 4 aromatic rings. The molecular weight excluding hydrogens is 507 g/mol. The Morgan fingerprint density at radius 3 is 2.57 bits per heavy atom. The molecule has 0 N–H and O–H groups in total. The number of hydrogen-bond acceptors (Lipinski definition) is 6. The molecule has 0 saturated carbocycles. The van der Waals surface area contributed by atoms with Crippen molar-refractivity contribution in [3.8, 4) is 11.6 Å². The van der Waals surface area contributed by atoms with Crippen LogP contribution in [0.5, 0.6) is 11.6 Å². The number of ether oxygens (including phenoxy) is 1. The highest BCUT2D eigenvalue weighted by atomic mass is 35.5. The van der Waals surface area contributed by atoms with Crippen LogP contribution in [0.4, 0.5) is 4.39 Å². The van der Waals surface area contributed by atoms with Gasteiger partial charge >= 0.3 is 0 Å². The Balaban J connectivity index is 1.60. The lowest BCUT2D eigenvalue weighted by Crippen LogP contribution is -2.54. The van der Waals surface area contributed by atoms with E-state index < -0.39 is 23.2 Å². The Kier molecular flexibility index (Phi) is 6.35. The molecule has 2 atom stereocenters. The second-order valence-corrected chi connectivity index (χ2v) is 9.60. The molecule has 1 fully saturated rings. The number of benzene rings is 2. The first kappa shape index (κ1) is 23.5. The minimum atomic E-state index is -1.29. The molecule has 3 heterocycles. The van der Waals surface area contributed by atoms with Gasteiger partial charge in [-0.2, -0.15) is 11.3 Å². The van der Waals surface area contributed by atoms with Crippen LogP contribution in [0.25, 0.3) is 0 Å². The molecule has 9 heteroatoms. The minimum absolute atomic E-state index is 0.0130. The molecule has 2 unspecified atom stereocenters. The number of Topliss-reactive ketones (excluding diaryl/α,β-unsaturated/α-hetero) is 1. The lowest BCUT2D eigenvalue weighted by Gasteiger charge is -2.45. The van der Waals surface area contributed by atoms with Crippen molar-refractivity contribution in [2.75, 3.05) is 0 Å². The highest BCUT2D eigenvalue weighted by Crippen LogP contribution is 2.48. The number of para-hydroxylation sites is 1. The molecule has 35 heavy (non-hydrogen) atoms. The second-order valence-electron chi connectivity index (χ2n) is 8.01. The molecule has 176 valence electrons. The Labute approximate surface area is 215 Å². The topological polar surface area (TPSA) is 59.5 Å². The molecule has 0 spiro atoms. The van der Waals surface area contributed by atoms with Crippen molar-refractivity contribution < 1.29 is 18.7 Å². The van der Waals surface area contributed by atoms with E-state index in [0.29, 0.717) is 21.8 Å². The van der Waals surface area contributed by atoms with E-state index in [4.69, 9.17) is 16.3 Å². The number of thiophene rings is 1. The van der Waals surface area contributed by atoms with Gasteiger partial charge < -0.3 is 4.74 Å². The standard InChI is InChI=1S/C26H18ClFN2O3S2/c27-18-7-2-1-6-17(18)24-20(31)14-26(30(34)25(24)32,16-12-13-35-15-16)22-10-5-11-23(29-22)33-21-9-4-3-8-19(21)28/h1-13,15,24,34H,14H2. The molecule has 0 aliphatic carbocycles. The van der Waals surface area contributed by atoms with E-state index in [1.165, 1.54) is 27.8 Å². The van der Waals surface area contributed by atoms with Crippen molar-refractivity contribution >= 4 is 47.4 Å². The molecular formula is C26H18ClFN2O3S2. The van der Waals surface area contributed by atoms with Crippen LogP contribution < -0.4 is 4.74 Å². The van der Waals surface area contributed by atoms with Gasteiger partial charge in [0.05, 0.1) is 5.69 Å². The zero-order valence-corrected chi connectivity index (χ0v) is 20.6. The molecule has 1 amide bonds. The van der Waals surface area contributed by atoms with Gasteiger partial charge in [0.15, 0.2) is 17.3 Å². The number of carbonyl (C=O) groups excluding carboxylic acids is 2. The molecule has 0 bridgehead atoms. The summed E-state index contributed by atoms with van der Waals surface area (Å²) < 4.78 is 21.1. The van der Waals surface area contributed by atoms with Gasteiger partial charge in [-0.3, -0.25) is 13.9 Å². The zero-order valence-electron chi connectivity index (χ0n) is 18.1. The second kappa shape index (κ2) is 9.45. The third kappa shape index (κ3) is 4.11. The fourth-order valence-corrected chi connectivity index (χ4v) is 5.68. The number of pyridine rings is 1. The van der Waals surface area contributed by atoms with Crippen molar-refractivity contribution in [2.45, 2.75) is 17.9 Å². The maximum absolute atomic E-state index is 14.2. The van der Waals surface area contributed by atoms with Crippen LogP contribution in [-0.2, 0) is 15.1 Å². The molecule has 2 aromatic carbocycles. The van der Waals surface area contributed by atoms with Gasteiger partial charge in [-0.1, -0.05) is 60.8 Å². The number of halogens is 2. The van der Waals surface area contributed by atoms with Crippen LogP contribution in [0, 0.1) is 5.82 Å². The predicted molar refractivity (Wildman–Crippen MR) is 135 cm³/mol. The summed E-state index contributed by atoms with van der Waals surface area (Å²) in [6.45, 7) is 0. The van der Waals surface area contributed by atoms with E-state index in [-0.39, 0.29) is 23.8 Å². The first-order valence-electron chi connectivity index (χ1n) is 10.6. The van der Waals surface area contributed by atoms with Crippen molar-refractivity contribution in [1.29, 1.82) is 0 Å². The van der Waals surface area contributed by atoms with Gasteiger partial charge in [-0.15, -0.1) is 0 Å². The summed E-state index contributed by atoms with van der Waals surface area (Å²) in [4.78, 5) is 31.8. The summed E-state index contributed by atoms with van der Waals surface area (Å²) in [6, 6.07) is 19.6. The van der Waals surface area contributed by atoms with E-state index in [9.17, 15) is 14.0 Å². The van der Waals surface area contributed by atoms with Crippen molar-refractivity contribution in [3.05, 3.63) is 111 Å². The Bertz CT molecular complexity index is 1420. The largest absolute Gasteiger partial charge is 0.436 e. The Hall–Kier alpha value is -3.20. The van der Waals surface area contributed by atoms with E-state index in [0.717, 1.165) is 0 Å². The molecule has 1 aliphatic rings. The van der Waals surface area contributed by atoms with E-state index in [1.807, 2.05) is 16.8 Å². The molecule has 5 nitrogen and oxygen atoms in total. The van der Waals surface area contributed by atoms with Crippen molar-refractivity contribution in [2.24, 2.45) is 0 Å². The lowest BCUT2D eigenvalue weighted by molar-refractivity contribution is -0.142. The van der Waals surface area contributed by atoms with Crippen LogP contribution in [0.3, 0.4) is 0 Å². The summed E-state index contributed by atoms with van der Waals surface area (Å²) in [7, 11) is 0. The number of nitrogens with zero attached hydrogens (tertiary/aromatic N) is 2. The fraction of sp³-hybridized carbons (Fsp3) is 0.115. The highest BCUT2D eigenvalue weighted by molar-refractivity contribution is 7.78. The molecule has 1 aliphatic heterocycles. The predicted octanol–water partition coefficient (Wildman–Crippen LogP) is 6.40. The van der Waals surface area contributed by atoms with Crippen molar-refractivity contribution in [3.63, 3.8) is 0 Å². The number of ketones is 1. The molecule has 0 radical (unpaired) electrons. The Morgan fingerprint density at radius 1 is 1.06 bits per heavy atom. The maximum atomic E-state index is 14.2. The maximum Gasteiger partial charge on any atom is 0.248 e. The van der Waals surface area contributed by atoms with E-state index in [2.05, 4.69) is 17.8 Å². The summed E-state index contributed by atoms with van der Waals surface area (Å²) in [5.74, 6) is -2.29. The minimum Gasteiger partial charge on any atom is -0.436 e. The smallest absolute Gasteiger partial charge is 0.248 e. The van der Waals surface area contributed by atoms with Crippen LogP contribution in [0.2, 0.25) is 5.02 Å². The van der Waals surface area contributed by atoms with Crippen molar-refractivity contribution in [1.82, 2.24) is 9.29 Å². The fourth-order valence-electron chi connectivity index (χ4n) is 4.31. The first-order chi connectivity index (χ1) is 16.9. The zero-order chi connectivity index (χ0) is 24.6. The van der Waals surface area contributed by atoms with E-state index >= 15 is 0 Å². The van der Waals surface area contributed by atoms with Crippen LogP contribution in [0.15, 0.2) is 83.6 Å². The average Bonchev–Trinajstić information content (AvgIpc) is 3.40. The van der Waals surface area contributed by atoms with E-state index in [1.54, 1.807) is 54.6 Å². The number of carbonyl (C=O) groups is 2. The van der Waals surface area contributed by atoms with Gasteiger partial charge in [0.2, 0.25) is 11.8 Å². The van der Waals surface area contributed by atoms with Gasteiger partial charge in [-0.25, -0.2) is 9.37 Å². The summed E-state index contributed by atoms with van der Waals surface area (Å²) in [5.41, 5.74) is 0.210. The Morgan fingerprint density at radius 2 is 1.83 bits per heavy atom. The molecule has 2 aromatic heterocycles. The highest BCUT2D eigenvalue weighted by Gasteiger charge is 2.53.